The van der Waals surface area contributed by atoms with E-state index in [9.17, 15) is 4.79 Å². The summed E-state index contributed by atoms with van der Waals surface area (Å²) in [5.74, 6) is 0.712. The lowest BCUT2D eigenvalue weighted by atomic mass is 9.82. The summed E-state index contributed by atoms with van der Waals surface area (Å²) in [5.41, 5.74) is 6.29. The van der Waals surface area contributed by atoms with Crippen molar-refractivity contribution in [3.8, 4) is 5.75 Å². The number of nitrogens with one attached hydrogen (secondary N) is 1. The van der Waals surface area contributed by atoms with Crippen LogP contribution >= 0.6 is 0 Å². The van der Waals surface area contributed by atoms with Crippen molar-refractivity contribution in [2.24, 2.45) is 5.73 Å². The first-order chi connectivity index (χ1) is 10.1. The van der Waals surface area contributed by atoms with Gasteiger partial charge in [0.2, 0.25) is 5.91 Å². The molecule has 1 fully saturated rings. The highest BCUT2D eigenvalue weighted by Crippen LogP contribution is 2.27. The van der Waals surface area contributed by atoms with Gasteiger partial charge in [-0.2, -0.15) is 0 Å². The number of carbonyl (C=O) groups is 1. The fourth-order valence-corrected chi connectivity index (χ4v) is 2.66. The molecule has 0 spiro atoms. The van der Waals surface area contributed by atoms with Gasteiger partial charge in [0.25, 0.3) is 0 Å². The van der Waals surface area contributed by atoms with E-state index in [1.807, 2.05) is 24.3 Å². The Bertz CT molecular complexity index is 468. The molecule has 116 valence electrons. The van der Waals surface area contributed by atoms with E-state index in [2.05, 4.69) is 12.2 Å². The molecular formula is C17H26N2O2. The van der Waals surface area contributed by atoms with Crippen LogP contribution in [-0.2, 0) is 4.79 Å². The maximum atomic E-state index is 12.4. The zero-order valence-electron chi connectivity index (χ0n) is 12.9. The van der Waals surface area contributed by atoms with E-state index in [1.54, 1.807) is 0 Å². The molecule has 0 bridgehead atoms. The molecule has 0 radical (unpaired) electrons. The largest absolute Gasteiger partial charge is 0.494 e. The summed E-state index contributed by atoms with van der Waals surface area (Å²) in [7, 11) is 0. The van der Waals surface area contributed by atoms with Gasteiger partial charge in [-0.3, -0.25) is 4.79 Å². The summed E-state index contributed by atoms with van der Waals surface area (Å²) >= 11 is 0. The highest BCUT2D eigenvalue weighted by molar-refractivity contribution is 5.98. The second-order valence-electron chi connectivity index (χ2n) is 5.90. The zero-order valence-corrected chi connectivity index (χ0v) is 12.9. The van der Waals surface area contributed by atoms with E-state index in [1.165, 1.54) is 6.42 Å². The van der Waals surface area contributed by atoms with Gasteiger partial charge in [0, 0.05) is 11.8 Å². The Balaban J connectivity index is 1.95. The number of hydrogen-bond donors (Lipinski definition) is 2. The molecule has 0 unspecified atom stereocenters. The molecule has 4 nitrogen and oxygen atoms in total. The average Bonchev–Trinajstić information content (AvgIpc) is 2.49. The predicted molar refractivity (Wildman–Crippen MR) is 85.5 cm³/mol. The molecule has 0 saturated heterocycles. The Morgan fingerprint density at radius 3 is 2.81 bits per heavy atom. The lowest BCUT2D eigenvalue weighted by Crippen LogP contribution is -2.52. The average molecular weight is 290 g/mol. The van der Waals surface area contributed by atoms with Crippen molar-refractivity contribution in [2.75, 3.05) is 11.9 Å². The van der Waals surface area contributed by atoms with Crippen molar-refractivity contribution in [2.45, 2.75) is 57.4 Å². The maximum absolute atomic E-state index is 12.4. The Morgan fingerprint density at radius 2 is 2.10 bits per heavy atom. The van der Waals surface area contributed by atoms with Gasteiger partial charge in [-0.05, 0) is 31.4 Å². The third kappa shape index (κ3) is 4.46. The number of benzene rings is 1. The van der Waals surface area contributed by atoms with Crippen molar-refractivity contribution in [1.29, 1.82) is 0 Å². The molecule has 1 saturated carbocycles. The second kappa shape index (κ2) is 7.46. The molecule has 0 atom stereocenters. The minimum atomic E-state index is -0.711. The highest BCUT2D eigenvalue weighted by atomic mass is 16.5. The molecule has 1 aliphatic rings. The SMILES string of the molecule is CCCCOc1cccc(NC(=O)C2(N)CCCCC2)c1. The van der Waals surface area contributed by atoms with Crippen LogP contribution < -0.4 is 15.8 Å². The molecule has 0 aliphatic heterocycles. The Hall–Kier alpha value is -1.55. The second-order valence-corrected chi connectivity index (χ2v) is 5.90. The van der Waals surface area contributed by atoms with Crippen molar-refractivity contribution in [3.05, 3.63) is 24.3 Å². The maximum Gasteiger partial charge on any atom is 0.244 e. The van der Waals surface area contributed by atoms with Gasteiger partial charge in [-0.25, -0.2) is 0 Å². The smallest absolute Gasteiger partial charge is 0.244 e. The molecular weight excluding hydrogens is 264 g/mol. The number of carbonyl (C=O) groups excluding carboxylic acids is 1. The third-order valence-electron chi connectivity index (χ3n) is 4.06. The van der Waals surface area contributed by atoms with Crippen LogP contribution in [0.2, 0.25) is 0 Å². The molecule has 1 aromatic rings. The first kappa shape index (κ1) is 15.8. The highest BCUT2D eigenvalue weighted by Gasteiger charge is 2.35. The van der Waals surface area contributed by atoms with Crippen molar-refractivity contribution in [1.82, 2.24) is 0 Å². The molecule has 1 amide bonds. The van der Waals surface area contributed by atoms with Crippen molar-refractivity contribution in [3.63, 3.8) is 0 Å². The fraction of sp³-hybridized carbons (Fsp3) is 0.588. The molecule has 1 aromatic carbocycles. The third-order valence-corrected chi connectivity index (χ3v) is 4.06. The number of amides is 1. The lowest BCUT2D eigenvalue weighted by Gasteiger charge is -2.31. The summed E-state index contributed by atoms with van der Waals surface area (Å²) in [5, 5.41) is 2.94. The predicted octanol–water partition coefficient (Wildman–Crippen LogP) is 3.47. The van der Waals surface area contributed by atoms with E-state index >= 15 is 0 Å². The Labute approximate surface area is 127 Å². The molecule has 0 aromatic heterocycles. The monoisotopic (exact) mass is 290 g/mol. The van der Waals surface area contributed by atoms with E-state index in [0.29, 0.717) is 6.61 Å². The van der Waals surface area contributed by atoms with Crippen LogP contribution in [0, 0.1) is 0 Å². The number of nitrogens with two attached hydrogens (primary N) is 1. The van der Waals surface area contributed by atoms with Gasteiger partial charge in [0.15, 0.2) is 0 Å². The van der Waals surface area contributed by atoms with Crippen LogP contribution in [0.5, 0.6) is 5.75 Å². The van der Waals surface area contributed by atoms with Gasteiger partial charge >= 0.3 is 0 Å². The summed E-state index contributed by atoms with van der Waals surface area (Å²) < 4.78 is 5.66. The van der Waals surface area contributed by atoms with Crippen LogP contribution in [0.4, 0.5) is 5.69 Å². The van der Waals surface area contributed by atoms with Gasteiger partial charge in [0.05, 0.1) is 12.1 Å². The standard InChI is InChI=1S/C17H26N2O2/c1-2-3-12-21-15-9-7-8-14(13-15)19-16(20)17(18)10-5-4-6-11-17/h7-9,13H,2-6,10-12,18H2,1H3,(H,19,20). The Kier molecular flexibility index (Phi) is 5.62. The van der Waals surface area contributed by atoms with Crippen LogP contribution in [-0.4, -0.2) is 18.1 Å². The van der Waals surface area contributed by atoms with E-state index < -0.39 is 5.54 Å². The van der Waals surface area contributed by atoms with Crippen molar-refractivity contribution < 1.29 is 9.53 Å². The summed E-state index contributed by atoms with van der Waals surface area (Å²) in [4.78, 5) is 12.4. The quantitative estimate of drug-likeness (QED) is 0.788. The topological polar surface area (TPSA) is 64.3 Å². The number of rotatable bonds is 6. The van der Waals surface area contributed by atoms with E-state index in [4.69, 9.17) is 10.5 Å². The van der Waals surface area contributed by atoms with Gasteiger partial charge in [0.1, 0.15) is 5.75 Å². The number of ether oxygens (including phenoxy) is 1. The first-order valence-corrected chi connectivity index (χ1v) is 7.97. The van der Waals surface area contributed by atoms with E-state index in [0.717, 1.165) is 50.0 Å². The van der Waals surface area contributed by atoms with Crippen LogP contribution in [0.1, 0.15) is 51.9 Å². The van der Waals surface area contributed by atoms with Gasteiger partial charge in [-0.15, -0.1) is 0 Å². The molecule has 4 heteroatoms. The van der Waals surface area contributed by atoms with Crippen LogP contribution in [0.3, 0.4) is 0 Å². The number of unbranched alkanes of at least 4 members (excludes halogenated alkanes) is 1. The van der Waals surface area contributed by atoms with Gasteiger partial charge in [-0.1, -0.05) is 38.7 Å². The summed E-state index contributed by atoms with van der Waals surface area (Å²) in [6, 6.07) is 7.53. The number of hydrogen-bond acceptors (Lipinski definition) is 3. The molecule has 21 heavy (non-hydrogen) atoms. The molecule has 0 heterocycles. The lowest BCUT2D eigenvalue weighted by molar-refractivity contribution is -0.122. The summed E-state index contributed by atoms with van der Waals surface area (Å²) in [6.45, 7) is 2.83. The van der Waals surface area contributed by atoms with E-state index in [-0.39, 0.29) is 5.91 Å². The number of anilines is 1. The minimum Gasteiger partial charge on any atom is -0.494 e. The van der Waals surface area contributed by atoms with Gasteiger partial charge < -0.3 is 15.8 Å². The first-order valence-electron chi connectivity index (χ1n) is 7.97. The van der Waals surface area contributed by atoms with Crippen LogP contribution in [0.25, 0.3) is 0 Å². The normalized spacial score (nSPS) is 17.2. The fourth-order valence-electron chi connectivity index (χ4n) is 2.66. The zero-order chi connectivity index (χ0) is 15.1. The summed E-state index contributed by atoms with van der Waals surface area (Å²) in [6.07, 6.45) is 6.91. The molecule has 3 N–H and O–H groups in total. The van der Waals surface area contributed by atoms with Crippen molar-refractivity contribution >= 4 is 11.6 Å². The Morgan fingerprint density at radius 1 is 1.33 bits per heavy atom. The minimum absolute atomic E-state index is 0.0760. The van der Waals surface area contributed by atoms with Crippen LogP contribution in [0.15, 0.2) is 24.3 Å². The molecule has 1 aliphatic carbocycles. The molecule has 2 rings (SSSR count).